The molecule has 0 amide bonds. The van der Waals surface area contributed by atoms with E-state index in [0.717, 1.165) is 38.8 Å². The molecule has 5 nitrogen and oxygen atoms in total. The van der Waals surface area contributed by atoms with E-state index < -0.39 is 17.1 Å². The Balaban J connectivity index is 1.56. The zero-order chi connectivity index (χ0) is 24.2. The number of fused-ring (bicyclic) bond motifs is 5. The Kier molecular flexibility index (Phi) is 6.93. The van der Waals surface area contributed by atoms with E-state index in [0.29, 0.717) is 23.6 Å². The van der Waals surface area contributed by atoms with E-state index in [1.165, 1.54) is 17.3 Å². The molecule has 3 fully saturated rings. The summed E-state index contributed by atoms with van der Waals surface area (Å²) in [5.41, 5.74) is -1.01. The molecule has 2 N–H and O–H groups in total. The van der Waals surface area contributed by atoms with E-state index in [9.17, 15) is 19.8 Å². The summed E-state index contributed by atoms with van der Waals surface area (Å²) in [5, 5.41) is 23.3. The van der Waals surface area contributed by atoms with E-state index in [4.69, 9.17) is 12.2 Å². The third-order valence-electron chi connectivity index (χ3n) is 9.86. The molecule has 0 spiro atoms. The lowest BCUT2D eigenvalue weighted by molar-refractivity contribution is -0.178. The molecule has 4 rings (SSSR count). The molecule has 0 heterocycles. The molecule has 4 aliphatic carbocycles. The van der Waals surface area contributed by atoms with E-state index in [1.807, 2.05) is 31.7 Å². The molecule has 0 aliphatic heterocycles. The summed E-state index contributed by atoms with van der Waals surface area (Å²) in [6, 6.07) is 0. The lowest BCUT2D eigenvalue weighted by Gasteiger charge is -2.60. The number of carbonyl (C=O) groups is 2. The smallest absolute Gasteiger partial charge is 0.175 e. The molecule has 0 aromatic heterocycles. The maximum atomic E-state index is 13.4. The number of ketones is 2. The number of nitrogens with zero attached hydrogens (tertiary/aromatic N) is 1. The molecule has 0 unspecified atom stereocenters. The molecular weight excluding hydrogens is 454 g/mol. The molecule has 184 valence electrons. The number of aliphatic hydroxyl groups is 2. The van der Waals surface area contributed by atoms with Gasteiger partial charge in [-0.2, -0.15) is 0 Å². The van der Waals surface area contributed by atoms with E-state index in [2.05, 4.69) is 6.92 Å². The third kappa shape index (κ3) is 3.85. The molecule has 0 bridgehead atoms. The van der Waals surface area contributed by atoms with Crippen LogP contribution in [0.4, 0.5) is 0 Å². The summed E-state index contributed by atoms with van der Waals surface area (Å²) >= 11 is 6.85. The molecule has 7 heteroatoms. The predicted octanol–water partition coefficient (Wildman–Crippen LogP) is 4.15. The van der Waals surface area contributed by atoms with Gasteiger partial charge in [0.2, 0.25) is 0 Å². The van der Waals surface area contributed by atoms with Gasteiger partial charge in [0.15, 0.2) is 11.6 Å². The highest BCUT2D eigenvalue weighted by Gasteiger charge is 2.68. The first kappa shape index (κ1) is 25.3. The minimum absolute atomic E-state index is 0.0887. The number of hydrogen-bond donors (Lipinski definition) is 2. The number of thiocarbonyl (C=S) groups is 1. The summed E-state index contributed by atoms with van der Waals surface area (Å²) in [4.78, 5) is 27.6. The summed E-state index contributed by atoms with van der Waals surface area (Å²) in [6.45, 7) is 9.95. The fourth-order valence-corrected chi connectivity index (χ4v) is 9.34. The molecular formula is C26H39NO4S2. The molecule has 4 aliphatic rings. The minimum Gasteiger partial charge on any atom is -0.393 e. The first-order valence-electron chi connectivity index (χ1n) is 12.6. The van der Waals surface area contributed by atoms with Crippen molar-refractivity contribution in [3.05, 3.63) is 11.6 Å². The maximum absolute atomic E-state index is 13.4. The monoisotopic (exact) mass is 493 g/mol. The van der Waals surface area contributed by atoms with Crippen molar-refractivity contribution in [3.8, 4) is 0 Å². The average molecular weight is 494 g/mol. The van der Waals surface area contributed by atoms with Gasteiger partial charge in [-0.1, -0.05) is 43.4 Å². The van der Waals surface area contributed by atoms with Gasteiger partial charge in [-0.05, 0) is 81.6 Å². The number of aliphatic hydroxyl groups excluding tert-OH is 1. The van der Waals surface area contributed by atoms with Gasteiger partial charge < -0.3 is 15.1 Å². The maximum Gasteiger partial charge on any atom is 0.175 e. The van der Waals surface area contributed by atoms with Crippen molar-refractivity contribution in [3.63, 3.8) is 0 Å². The Morgan fingerprint density at radius 3 is 2.58 bits per heavy atom. The molecule has 0 saturated heterocycles. The summed E-state index contributed by atoms with van der Waals surface area (Å²) in [5.74, 6) is 0.785. The van der Waals surface area contributed by atoms with Crippen LogP contribution in [0, 0.1) is 28.6 Å². The topological polar surface area (TPSA) is 77.8 Å². The molecule has 0 aromatic carbocycles. The van der Waals surface area contributed by atoms with E-state index >= 15 is 0 Å². The summed E-state index contributed by atoms with van der Waals surface area (Å²) < 4.78 is 0.701. The quantitative estimate of drug-likeness (QED) is 0.557. The number of Topliss-reactive ketones (excluding diaryl/α,β-unsaturated/α-hetero) is 1. The molecule has 33 heavy (non-hydrogen) atoms. The minimum atomic E-state index is -1.42. The van der Waals surface area contributed by atoms with Gasteiger partial charge in [0.25, 0.3) is 0 Å². The van der Waals surface area contributed by atoms with Crippen LogP contribution in [0.1, 0.15) is 72.6 Å². The Morgan fingerprint density at radius 2 is 1.91 bits per heavy atom. The largest absolute Gasteiger partial charge is 0.393 e. The molecule has 0 radical (unpaired) electrons. The van der Waals surface area contributed by atoms with Crippen LogP contribution in [0.15, 0.2) is 11.6 Å². The third-order valence-corrected chi connectivity index (χ3v) is 11.4. The zero-order valence-electron chi connectivity index (χ0n) is 20.4. The normalized spacial score (nSPS) is 42.1. The fourth-order valence-electron chi connectivity index (χ4n) is 7.97. The van der Waals surface area contributed by atoms with Gasteiger partial charge in [-0.25, -0.2) is 0 Å². The average Bonchev–Trinajstić information content (AvgIpc) is 3.04. The highest BCUT2D eigenvalue weighted by molar-refractivity contribution is 8.23. The number of rotatable bonds is 5. The highest BCUT2D eigenvalue weighted by Crippen LogP contribution is 2.67. The van der Waals surface area contributed by atoms with Crippen LogP contribution < -0.4 is 0 Å². The highest BCUT2D eigenvalue weighted by atomic mass is 32.2. The van der Waals surface area contributed by atoms with Crippen molar-refractivity contribution in [2.75, 3.05) is 18.8 Å². The standard InChI is InChI=1S/C26H39NO4S2/c1-5-27(6-2)23(32)33-15-21(30)26(31)12-10-19-18-8-7-16-13-17(28)9-11-24(16,3)22(18)20(29)14-25(19,26)4/h13,18-20,22,29,31H,5-12,14-15H2,1-4H3/t18-,19+,20+,22+,24+,25+,26+/m1/s1. The molecule has 7 atom stereocenters. The van der Waals surface area contributed by atoms with Crippen molar-refractivity contribution in [1.82, 2.24) is 4.90 Å². The second-order valence-corrected chi connectivity index (χ2v) is 12.7. The number of allylic oxidation sites excluding steroid dienone is 1. The van der Waals surface area contributed by atoms with Crippen molar-refractivity contribution in [1.29, 1.82) is 0 Å². The Bertz CT molecular complexity index is 870. The van der Waals surface area contributed by atoms with Crippen LogP contribution in [0.2, 0.25) is 0 Å². The Morgan fingerprint density at radius 1 is 1.21 bits per heavy atom. The van der Waals surface area contributed by atoms with Gasteiger partial charge in [0.05, 0.1) is 11.9 Å². The van der Waals surface area contributed by atoms with Crippen LogP contribution in [-0.2, 0) is 9.59 Å². The number of hydrogen-bond acceptors (Lipinski definition) is 6. The summed E-state index contributed by atoms with van der Waals surface area (Å²) in [7, 11) is 0. The summed E-state index contributed by atoms with van der Waals surface area (Å²) in [6.07, 6.45) is 6.09. The second-order valence-electron chi connectivity index (χ2n) is 11.1. The molecule has 0 aromatic rings. The Hall–Kier alpha value is -0.760. The van der Waals surface area contributed by atoms with Gasteiger partial charge in [-0.15, -0.1) is 0 Å². The zero-order valence-corrected chi connectivity index (χ0v) is 22.1. The van der Waals surface area contributed by atoms with Gasteiger partial charge >= 0.3 is 0 Å². The van der Waals surface area contributed by atoms with Crippen molar-refractivity contribution < 1.29 is 19.8 Å². The molecule has 3 saturated carbocycles. The number of thioether (sulfide) groups is 1. The van der Waals surface area contributed by atoms with Crippen molar-refractivity contribution in [2.24, 2.45) is 28.6 Å². The fraction of sp³-hybridized carbons (Fsp3) is 0.808. The van der Waals surface area contributed by atoms with Gasteiger partial charge in [0.1, 0.15) is 9.92 Å². The first-order valence-corrected chi connectivity index (χ1v) is 14.0. The van der Waals surface area contributed by atoms with Crippen molar-refractivity contribution in [2.45, 2.75) is 84.3 Å². The SMILES string of the molecule is CCN(CC)C(=S)SCC(=O)[C@@]1(O)CC[C@H]2[C@H]3CCC4=CC(=O)CC[C@]4(C)[C@@H]3[C@@H](O)C[C@@]21C. The number of carbonyl (C=O) groups excluding carboxylic acids is 2. The van der Waals surface area contributed by atoms with Crippen LogP contribution in [-0.4, -0.2) is 61.5 Å². The first-order chi connectivity index (χ1) is 15.5. The second kappa shape index (κ2) is 9.03. The van der Waals surface area contributed by atoms with E-state index in [1.54, 1.807) is 0 Å². The lowest BCUT2D eigenvalue weighted by Crippen LogP contribution is -2.62. The van der Waals surface area contributed by atoms with Crippen LogP contribution >= 0.6 is 24.0 Å². The van der Waals surface area contributed by atoms with Gasteiger partial charge in [0, 0.05) is 24.9 Å². The lowest BCUT2D eigenvalue weighted by atomic mass is 9.45. The van der Waals surface area contributed by atoms with Crippen molar-refractivity contribution >= 4 is 39.9 Å². The predicted molar refractivity (Wildman–Crippen MR) is 136 cm³/mol. The Labute approximate surface area is 207 Å². The van der Waals surface area contributed by atoms with Gasteiger partial charge in [-0.3, -0.25) is 9.59 Å². The van der Waals surface area contributed by atoms with Crippen LogP contribution in [0.25, 0.3) is 0 Å². The van der Waals surface area contributed by atoms with E-state index in [-0.39, 0.29) is 40.5 Å². The van der Waals surface area contributed by atoms with Crippen LogP contribution in [0.3, 0.4) is 0 Å². The van der Waals surface area contributed by atoms with Crippen LogP contribution in [0.5, 0.6) is 0 Å².